The van der Waals surface area contributed by atoms with E-state index in [-0.39, 0.29) is 10.7 Å². The largest absolute Gasteiger partial charge is 0.481 e. The Morgan fingerprint density at radius 2 is 1.79 bits per heavy atom. The average molecular weight is 284 g/mol. The molecule has 106 valence electrons. The molecule has 1 rings (SSSR count). The highest BCUT2D eigenvalue weighted by Gasteiger charge is 2.27. The van der Waals surface area contributed by atoms with Gasteiger partial charge in [0.1, 0.15) is 0 Å². The van der Waals surface area contributed by atoms with Crippen LogP contribution in [0.15, 0.2) is 16.3 Å². The van der Waals surface area contributed by atoms with Crippen LogP contribution in [-0.4, -0.2) is 36.0 Å². The maximum Gasteiger partial charge on any atom is 0.220 e. The van der Waals surface area contributed by atoms with Crippen molar-refractivity contribution in [2.75, 3.05) is 20.8 Å². The minimum absolute atomic E-state index is 0.00507. The van der Waals surface area contributed by atoms with Gasteiger partial charge in [-0.15, -0.1) is 0 Å². The molecule has 1 unspecified atom stereocenters. The zero-order valence-electron chi connectivity index (χ0n) is 11.9. The van der Waals surface area contributed by atoms with Gasteiger partial charge >= 0.3 is 0 Å². The van der Waals surface area contributed by atoms with Crippen LogP contribution < -0.4 is 9.47 Å². The first-order valence-electron chi connectivity index (χ1n) is 5.87. The third-order valence-corrected chi connectivity index (χ3v) is 4.08. The van der Waals surface area contributed by atoms with Gasteiger partial charge in [0.2, 0.25) is 11.8 Å². The Bertz CT molecular complexity index is 412. The fourth-order valence-corrected chi connectivity index (χ4v) is 2.39. The first-order valence-corrected chi connectivity index (χ1v) is 6.75. The third-order valence-electron chi connectivity index (χ3n) is 2.55. The van der Waals surface area contributed by atoms with E-state index in [2.05, 4.69) is 35.9 Å². The van der Waals surface area contributed by atoms with Crippen molar-refractivity contribution in [3.8, 4) is 11.8 Å². The predicted molar refractivity (Wildman–Crippen MR) is 74.3 cm³/mol. The van der Waals surface area contributed by atoms with Gasteiger partial charge in [-0.05, 0) is 5.41 Å². The van der Waals surface area contributed by atoms with E-state index >= 15 is 0 Å². The maximum atomic E-state index is 7.06. The van der Waals surface area contributed by atoms with Gasteiger partial charge in [0.25, 0.3) is 0 Å². The van der Waals surface area contributed by atoms with Crippen molar-refractivity contribution in [2.24, 2.45) is 10.5 Å². The van der Waals surface area contributed by atoms with Crippen LogP contribution >= 0.6 is 11.8 Å². The minimum Gasteiger partial charge on any atom is -0.481 e. The van der Waals surface area contributed by atoms with Gasteiger partial charge in [0.15, 0.2) is 5.16 Å². The minimum atomic E-state index is -0.00507. The summed E-state index contributed by atoms with van der Waals surface area (Å²) < 4.78 is 10.2. The highest BCUT2D eigenvalue weighted by molar-refractivity contribution is 7.99. The molecule has 1 aromatic rings. The second-order valence-corrected chi connectivity index (χ2v) is 6.22. The molecule has 1 heterocycles. The molecule has 7 heteroatoms. The van der Waals surface area contributed by atoms with Gasteiger partial charge in [-0.2, -0.15) is 15.1 Å². The molecule has 0 saturated carbocycles. The van der Waals surface area contributed by atoms with Crippen LogP contribution in [-0.2, 0) is 0 Å². The highest BCUT2D eigenvalue weighted by atomic mass is 32.2. The molecule has 19 heavy (non-hydrogen) atoms. The number of thioether (sulfide) groups is 1. The SMILES string of the molecule is COc1cc(OC)nc(SC(CN=N)C(C)(C)C)n1. The number of aromatic nitrogens is 2. The van der Waals surface area contributed by atoms with E-state index in [1.165, 1.54) is 11.8 Å². The fraction of sp³-hybridized carbons (Fsp3) is 0.667. The van der Waals surface area contributed by atoms with Gasteiger partial charge in [0, 0.05) is 5.25 Å². The molecule has 0 aliphatic carbocycles. The Morgan fingerprint density at radius 3 is 2.16 bits per heavy atom. The molecule has 0 radical (unpaired) electrons. The van der Waals surface area contributed by atoms with Gasteiger partial charge in [-0.3, -0.25) is 0 Å². The molecule has 0 aliphatic heterocycles. The Labute approximate surface area is 117 Å². The highest BCUT2D eigenvalue weighted by Crippen LogP contribution is 2.35. The second-order valence-electron chi connectivity index (χ2n) is 5.05. The van der Waals surface area contributed by atoms with E-state index in [0.29, 0.717) is 23.5 Å². The lowest BCUT2D eigenvalue weighted by atomic mass is 9.92. The fourth-order valence-electron chi connectivity index (χ4n) is 1.34. The zero-order chi connectivity index (χ0) is 14.5. The molecule has 0 amide bonds. The summed E-state index contributed by atoms with van der Waals surface area (Å²) in [5, 5.41) is 4.18. The van der Waals surface area contributed by atoms with Crippen molar-refractivity contribution < 1.29 is 9.47 Å². The Morgan fingerprint density at radius 1 is 1.26 bits per heavy atom. The van der Waals surface area contributed by atoms with Gasteiger partial charge < -0.3 is 9.47 Å². The van der Waals surface area contributed by atoms with Crippen molar-refractivity contribution in [1.29, 1.82) is 5.53 Å². The summed E-state index contributed by atoms with van der Waals surface area (Å²) in [6, 6.07) is 1.63. The number of nitrogens with zero attached hydrogens (tertiary/aromatic N) is 3. The second kappa shape index (κ2) is 6.70. The van der Waals surface area contributed by atoms with Crippen molar-refractivity contribution in [3.63, 3.8) is 0 Å². The predicted octanol–water partition coefficient (Wildman–Crippen LogP) is 3.03. The van der Waals surface area contributed by atoms with Gasteiger partial charge in [-0.1, -0.05) is 32.5 Å². The van der Waals surface area contributed by atoms with Gasteiger partial charge in [-0.25, -0.2) is 5.53 Å². The molecule has 0 aliphatic rings. The smallest absolute Gasteiger partial charge is 0.220 e. The van der Waals surface area contributed by atoms with Crippen LogP contribution in [0.25, 0.3) is 0 Å². The molecule has 0 aromatic carbocycles. The van der Waals surface area contributed by atoms with Crippen molar-refractivity contribution >= 4 is 11.8 Å². The molecule has 6 nitrogen and oxygen atoms in total. The maximum absolute atomic E-state index is 7.06. The Hall–Kier alpha value is -1.37. The zero-order valence-corrected chi connectivity index (χ0v) is 12.7. The summed E-state index contributed by atoms with van der Waals surface area (Å²) >= 11 is 1.48. The summed E-state index contributed by atoms with van der Waals surface area (Å²) in [5.41, 5.74) is 7.05. The quantitative estimate of drug-likeness (QED) is 0.493. The molecular formula is C12H20N4O2S. The molecule has 1 atom stereocenters. The van der Waals surface area contributed by atoms with Crippen LogP contribution in [0, 0.1) is 10.9 Å². The average Bonchev–Trinajstić information content (AvgIpc) is 2.36. The van der Waals surface area contributed by atoms with E-state index in [1.54, 1.807) is 20.3 Å². The van der Waals surface area contributed by atoms with Crippen molar-refractivity contribution in [1.82, 2.24) is 9.97 Å². The van der Waals surface area contributed by atoms with E-state index in [9.17, 15) is 0 Å². The lowest BCUT2D eigenvalue weighted by molar-refractivity contribution is 0.363. The lowest BCUT2D eigenvalue weighted by Crippen LogP contribution is -2.26. The number of hydrogen-bond acceptors (Lipinski definition) is 7. The normalized spacial score (nSPS) is 12.9. The van der Waals surface area contributed by atoms with E-state index < -0.39 is 0 Å². The Kier molecular flexibility index (Phi) is 5.53. The number of rotatable bonds is 6. The molecule has 0 saturated heterocycles. The monoisotopic (exact) mass is 284 g/mol. The van der Waals surface area contributed by atoms with Crippen LogP contribution in [0.2, 0.25) is 0 Å². The third kappa shape index (κ3) is 4.66. The number of ether oxygens (including phenoxy) is 2. The first kappa shape index (κ1) is 15.7. The molecular weight excluding hydrogens is 264 g/mol. The molecule has 1 aromatic heterocycles. The topological polar surface area (TPSA) is 80.5 Å². The number of nitrogens with one attached hydrogen (secondary N) is 1. The van der Waals surface area contributed by atoms with E-state index in [0.717, 1.165) is 0 Å². The van der Waals surface area contributed by atoms with E-state index in [1.807, 2.05) is 0 Å². The first-order chi connectivity index (χ1) is 8.90. The lowest BCUT2D eigenvalue weighted by Gasteiger charge is -2.27. The summed E-state index contributed by atoms with van der Waals surface area (Å²) in [5.74, 6) is 0.926. The summed E-state index contributed by atoms with van der Waals surface area (Å²) in [4.78, 5) is 8.56. The summed E-state index contributed by atoms with van der Waals surface area (Å²) in [6.45, 7) is 6.74. The van der Waals surface area contributed by atoms with Crippen LogP contribution in [0.1, 0.15) is 20.8 Å². The molecule has 1 N–H and O–H groups in total. The van der Waals surface area contributed by atoms with Crippen molar-refractivity contribution in [2.45, 2.75) is 31.2 Å². The van der Waals surface area contributed by atoms with Crippen molar-refractivity contribution in [3.05, 3.63) is 6.07 Å². The van der Waals surface area contributed by atoms with Crippen LogP contribution in [0.4, 0.5) is 0 Å². The summed E-state index contributed by atoms with van der Waals surface area (Å²) in [7, 11) is 3.10. The van der Waals surface area contributed by atoms with Crippen LogP contribution in [0.3, 0.4) is 0 Å². The molecule has 0 bridgehead atoms. The Balaban J connectivity index is 2.98. The van der Waals surface area contributed by atoms with E-state index in [4.69, 9.17) is 15.0 Å². The molecule has 0 fully saturated rings. The number of methoxy groups -OCH3 is 2. The van der Waals surface area contributed by atoms with Crippen LogP contribution in [0.5, 0.6) is 11.8 Å². The van der Waals surface area contributed by atoms with Gasteiger partial charge in [0.05, 0.1) is 26.8 Å². The standard InChI is InChI=1S/C12H20N4O2S/c1-12(2,3)8(7-14-13)19-11-15-9(17-4)6-10(16-11)18-5/h6,8,13H,7H2,1-5H3. The number of hydrogen-bond donors (Lipinski definition) is 1. The summed E-state index contributed by atoms with van der Waals surface area (Å²) in [6.07, 6.45) is 0. The molecule has 0 spiro atoms.